The summed E-state index contributed by atoms with van der Waals surface area (Å²) in [6.45, 7) is 6.62. The van der Waals surface area contributed by atoms with E-state index in [1.807, 2.05) is 28.0 Å². The number of benzene rings is 2. The molecule has 6 nitrogen and oxygen atoms in total. The van der Waals surface area contributed by atoms with E-state index in [0.717, 1.165) is 43.9 Å². The molecule has 4 rings (SSSR count). The fourth-order valence-electron chi connectivity index (χ4n) is 5.53. The van der Waals surface area contributed by atoms with Crippen LogP contribution in [-0.2, 0) is 16.0 Å². The predicted octanol–water partition coefficient (Wildman–Crippen LogP) is 5.51. The molecule has 200 valence electrons. The number of carbonyl (C=O) groups is 2. The molecule has 2 heterocycles. The van der Waals surface area contributed by atoms with Crippen molar-refractivity contribution in [3.05, 3.63) is 58.1 Å². The molecule has 0 aromatic heterocycles. The number of nitrogen functional groups attached to an aromatic ring is 1. The Bertz CT molecular complexity index is 1060. The van der Waals surface area contributed by atoms with Gasteiger partial charge in [-0.2, -0.15) is 0 Å². The van der Waals surface area contributed by atoms with Gasteiger partial charge in [0.1, 0.15) is 0 Å². The normalized spacial score (nSPS) is 17.6. The third-order valence-electron chi connectivity index (χ3n) is 7.84. The zero-order valence-corrected chi connectivity index (χ0v) is 23.2. The van der Waals surface area contributed by atoms with E-state index in [0.29, 0.717) is 48.4 Å². The van der Waals surface area contributed by atoms with Gasteiger partial charge in [0.25, 0.3) is 0 Å². The third-order valence-corrected chi connectivity index (χ3v) is 8.58. The van der Waals surface area contributed by atoms with E-state index in [-0.39, 0.29) is 17.7 Å². The van der Waals surface area contributed by atoms with Crippen LogP contribution >= 0.6 is 23.2 Å². The van der Waals surface area contributed by atoms with Gasteiger partial charge in [-0.05, 0) is 100.0 Å². The molecule has 0 aliphatic carbocycles. The highest BCUT2D eigenvalue weighted by atomic mass is 35.5. The van der Waals surface area contributed by atoms with Gasteiger partial charge in [0.2, 0.25) is 11.8 Å². The van der Waals surface area contributed by atoms with E-state index in [2.05, 4.69) is 17.0 Å². The van der Waals surface area contributed by atoms with Crippen LogP contribution in [0.3, 0.4) is 0 Å². The van der Waals surface area contributed by atoms with Crippen LogP contribution in [0.25, 0.3) is 0 Å². The van der Waals surface area contributed by atoms with Gasteiger partial charge in [-0.15, -0.1) is 0 Å². The Morgan fingerprint density at radius 1 is 0.946 bits per heavy atom. The van der Waals surface area contributed by atoms with Gasteiger partial charge in [-0.25, -0.2) is 0 Å². The van der Waals surface area contributed by atoms with Crippen LogP contribution in [0.15, 0.2) is 42.5 Å². The number of nitrogens with zero attached hydrogens (tertiary/aromatic N) is 3. The minimum absolute atomic E-state index is 0.0736. The molecule has 0 bridgehead atoms. The van der Waals surface area contributed by atoms with Crippen LogP contribution in [0.2, 0.25) is 10.0 Å². The van der Waals surface area contributed by atoms with E-state index < -0.39 is 0 Å². The van der Waals surface area contributed by atoms with E-state index in [4.69, 9.17) is 28.9 Å². The molecule has 0 spiro atoms. The fraction of sp³-hybridized carbons (Fsp3) is 0.517. The molecule has 8 heteroatoms. The molecular formula is C29H38Cl2N4O2. The zero-order chi connectivity index (χ0) is 26.4. The van der Waals surface area contributed by atoms with Gasteiger partial charge >= 0.3 is 0 Å². The van der Waals surface area contributed by atoms with Crippen molar-refractivity contribution >= 4 is 46.4 Å². The van der Waals surface area contributed by atoms with Gasteiger partial charge < -0.3 is 20.4 Å². The lowest BCUT2D eigenvalue weighted by atomic mass is 9.90. The average Bonchev–Trinajstić information content (AvgIpc) is 2.90. The Labute approximate surface area is 230 Å². The van der Waals surface area contributed by atoms with E-state index in [9.17, 15) is 9.59 Å². The summed E-state index contributed by atoms with van der Waals surface area (Å²) < 4.78 is 0. The third kappa shape index (κ3) is 7.62. The number of anilines is 2. The molecule has 2 aromatic carbocycles. The molecule has 2 saturated heterocycles. The number of rotatable bonds is 8. The molecule has 37 heavy (non-hydrogen) atoms. The molecule has 2 amide bonds. The number of nitrogens with two attached hydrogens (primary N) is 1. The van der Waals surface area contributed by atoms with Crippen molar-refractivity contribution in [2.24, 2.45) is 11.8 Å². The van der Waals surface area contributed by atoms with Gasteiger partial charge in [0.05, 0.1) is 10.0 Å². The molecule has 0 radical (unpaired) electrons. The van der Waals surface area contributed by atoms with Crippen molar-refractivity contribution in [2.75, 3.05) is 49.9 Å². The van der Waals surface area contributed by atoms with Gasteiger partial charge in [0, 0.05) is 43.9 Å². The van der Waals surface area contributed by atoms with Crippen LogP contribution in [0, 0.1) is 11.8 Å². The van der Waals surface area contributed by atoms with Crippen LogP contribution in [0.4, 0.5) is 11.4 Å². The summed E-state index contributed by atoms with van der Waals surface area (Å²) in [5.41, 5.74) is 8.78. The van der Waals surface area contributed by atoms with Crippen molar-refractivity contribution in [2.45, 2.75) is 45.4 Å². The van der Waals surface area contributed by atoms with Gasteiger partial charge in [-0.1, -0.05) is 35.3 Å². The van der Waals surface area contributed by atoms with Crippen molar-refractivity contribution in [1.29, 1.82) is 0 Å². The molecule has 0 unspecified atom stereocenters. The van der Waals surface area contributed by atoms with E-state index in [1.165, 1.54) is 18.4 Å². The average molecular weight is 546 g/mol. The molecule has 2 aliphatic heterocycles. The highest BCUT2D eigenvalue weighted by Crippen LogP contribution is 2.30. The summed E-state index contributed by atoms with van der Waals surface area (Å²) in [7, 11) is 0. The Balaban J connectivity index is 1.31. The number of halogens is 2. The van der Waals surface area contributed by atoms with Crippen LogP contribution < -0.4 is 10.6 Å². The fourth-order valence-corrected chi connectivity index (χ4v) is 5.83. The van der Waals surface area contributed by atoms with Crippen molar-refractivity contribution in [3.8, 4) is 0 Å². The molecule has 0 saturated carbocycles. The van der Waals surface area contributed by atoms with Crippen LogP contribution in [-0.4, -0.2) is 60.9 Å². The Hall–Kier alpha value is -2.28. The Kier molecular flexibility index (Phi) is 9.74. The molecule has 2 fully saturated rings. The number of hydrogen-bond acceptors (Lipinski definition) is 4. The van der Waals surface area contributed by atoms with E-state index >= 15 is 0 Å². The van der Waals surface area contributed by atoms with Gasteiger partial charge in [-0.3, -0.25) is 9.59 Å². The highest BCUT2D eigenvalue weighted by Gasteiger charge is 2.30. The van der Waals surface area contributed by atoms with E-state index in [1.54, 1.807) is 19.1 Å². The highest BCUT2D eigenvalue weighted by molar-refractivity contribution is 6.42. The lowest BCUT2D eigenvalue weighted by molar-refractivity contribution is -0.133. The number of likely N-dealkylation sites (tertiary alicyclic amines) is 2. The van der Waals surface area contributed by atoms with Crippen LogP contribution in [0.5, 0.6) is 0 Å². The number of hydrogen-bond donors (Lipinski definition) is 1. The minimum atomic E-state index is -0.0888. The number of amides is 2. The zero-order valence-electron chi connectivity index (χ0n) is 21.7. The maximum absolute atomic E-state index is 13.6. The maximum Gasteiger partial charge on any atom is 0.230 e. The monoisotopic (exact) mass is 544 g/mol. The first-order valence-corrected chi connectivity index (χ1v) is 14.1. The first-order valence-electron chi connectivity index (χ1n) is 13.4. The lowest BCUT2D eigenvalue weighted by Gasteiger charge is -2.35. The topological polar surface area (TPSA) is 69.9 Å². The molecule has 2 aromatic rings. The predicted molar refractivity (Wildman–Crippen MR) is 152 cm³/mol. The number of piperidine rings is 2. The second-order valence-corrected chi connectivity index (χ2v) is 11.3. The summed E-state index contributed by atoms with van der Waals surface area (Å²) in [6, 6.07) is 13.7. The summed E-state index contributed by atoms with van der Waals surface area (Å²) in [5.74, 6) is 0.803. The van der Waals surface area contributed by atoms with Crippen molar-refractivity contribution < 1.29 is 9.59 Å². The summed E-state index contributed by atoms with van der Waals surface area (Å²) in [6.07, 6.45) is 5.76. The molecule has 2 aliphatic rings. The smallest absolute Gasteiger partial charge is 0.230 e. The van der Waals surface area contributed by atoms with Gasteiger partial charge in [0.15, 0.2) is 0 Å². The van der Waals surface area contributed by atoms with Crippen molar-refractivity contribution in [3.63, 3.8) is 0 Å². The number of carbonyl (C=O) groups excluding carboxylic acids is 2. The second-order valence-electron chi connectivity index (χ2n) is 10.5. The largest absolute Gasteiger partial charge is 0.399 e. The first kappa shape index (κ1) is 27.7. The Morgan fingerprint density at radius 3 is 2.24 bits per heavy atom. The first-order chi connectivity index (χ1) is 17.8. The summed E-state index contributed by atoms with van der Waals surface area (Å²) in [5, 5.41) is 0.931. The molecule has 2 N–H and O–H groups in total. The summed E-state index contributed by atoms with van der Waals surface area (Å²) >= 11 is 12.5. The molecular weight excluding hydrogens is 507 g/mol. The second kappa shape index (κ2) is 13.0. The van der Waals surface area contributed by atoms with Crippen molar-refractivity contribution in [1.82, 2.24) is 9.80 Å². The summed E-state index contributed by atoms with van der Waals surface area (Å²) in [4.78, 5) is 31.5. The maximum atomic E-state index is 13.6. The standard InChI is InChI=1S/C29H38Cl2N4O2/c1-21(36)34-17-11-24(12-18-34)29(37)35(26-7-8-27(30)28(31)20-26)14-2-13-33-15-9-23(10-16-33)19-22-3-5-25(32)6-4-22/h3-8,20,23-24H,2,9-19,32H2,1H3. The lowest BCUT2D eigenvalue weighted by Crippen LogP contribution is -2.45. The SMILES string of the molecule is CC(=O)N1CCC(C(=O)N(CCCN2CCC(Cc3ccc(N)cc3)CC2)c2ccc(Cl)c(Cl)c2)CC1. The molecule has 0 atom stereocenters. The quantitative estimate of drug-likeness (QED) is 0.444. The van der Waals surface area contributed by atoms with Crippen LogP contribution in [0.1, 0.15) is 44.6 Å². The minimum Gasteiger partial charge on any atom is -0.399 e. The Morgan fingerprint density at radius 2 is 1.62 bits per heavy atom.